The first-order valence-electron chi connectivity index (χ1n) is 7.18. The van der Waals surface area contributed by atoms with Gasteiger partial charge in [-0.25, -0.2) is 4.98 Å². The van der Waals surface area contributed by atoms with Gasteiger partial charge in [-0.3, -0.25) is 0 Å². The summed E-state index contributed by atoms with van der Waals surface area (Å²) < 4.78 is 2.29. The highest BCUT2D eigenvalue weighted by atomic mass is 32.1. The van der Waals surface area contributed by atoms with E-state index in [9.17, 15) is 0 Å². The lowest BCUT2D eigenvalue weighted by Gasteiger charge is -2.24. The summed E-state index contributed by atoms with van der Waals surface area (Å²) in [5.41, 5.74) is 3.87. The lowest BCUT2D eigenvalue weighted by Crippen LogP contribution is -2.36. The van der Waals surface area contributed by atoms with Crippen LogP contribution in [0.1, 0.15) is 30.1 Å². The fourth-order valence-corrected chi connectivity index (χ4v) is 3.54. The predicted octanol–water partition coefficient (Wildman–Crippen LogP) is 3.97. The van der Waals surface area contributed by atoms with Gasteiger partial charge < -0.3 is 9.88 Å². The molecule has 0 fully saturated rings. The van der Waals surface area contributed by atoms with Crippen molar-refractivity contribution in [2.75, 3.05) is 0 Å². The maximum absolute atomic E-state index is 4.44. The van der Waals surface area contributed by atoms with Crippen LogP contribution in [0.4, 0.5) is 0 Å². The molecular formula is C17H21N3S. The van der Waals surface area contributed by atoms with Crippen molar-refractivity contribution in [2.24, 2.45) is 7.05 Å². The van der Waals surface area contributed by atoms with Gasteiger partial charge in [0, 0.05) is 41.8 Å². The predicted molar refractivity (Wildman–Crippen MR) is 89.6 cm³/mol. The summed E-state index contributed by atoms with van der Waals surface area (Å²) in [5.74, 6) is 0. The lowest BCUT2D eigenvalue weighted by atomic mass is 10.1. The molecule has 0 atom stereocenters. The summed E-state index contributed by atoms with van der Waals surface area (Å²) in [6.45, 7) is 7.41. The molecule has 2 heterocycles. The van der Waals surface area contributed by atoms with Crippen molar-refractivity contribution in [1.29, 1.82) is 0 Å². The van der Waals surface area contributed by atoms with Crippen LogP contribution < -0.4 is 5.32 Å². The molecule has 0 spiro atoms. The molecule has 110 valence electrons. The molecule has 0 saturated carbocycles. The van der Waals surface area contributed by atoms with Gasteiger partial charge in [-0.1, -0.05) is 18.2 Å². The number of nitrogens with zero attached hydrogens (tertiary/aromatic N) is 2. The van der Waals surface area contributed by atoms with Crippen LogP contribution in [0.3, 0.4) is 0 Å². The van der Waals surface area contributed by atoms with E-state index in [1.807, 2.05) is 11.6 Å². The topological polar surface area (TPSA) is 29.9 Å². The molecule has 0 saturated heterocycles. The van der Waals surface area contributed by atoms with E-state index >= 15 is 0 Å². The third-order valence-corrected chi connectivity index (χ3v) is 5.27. The number of thiazole rings is 1. The number of benzene rings is 1. The summed E-state index contributed by atoms with van der Waals surface area (Å²) in [6.07, 6.45) is 1.87. The maximum Gasteiger partial charge on any atom is 0.112 e. The summed E-state index contributed by atoms with van der Waals surface area (Å²) in [4.78, 5) is 4.44. The second kappa shape index (κ2) is 5.28. The Morgan fingerprint density at radius 1 is 1.29 bits per heavy atom. The van der Waals surface area contributed by atoms with Gasteiger partial charge >= 0.3 is 0 Å². The molecule has 4 heteroatoms. The Morgan fingerprint density at radius 2 is 2.05 bits per heavy atom. The van der Waals surface area contributed by atoms with Crippen LogP contribution in [-0.2, 0) is 19.1 Å². The molecule has 3 nitrogen and oxygen atoms in total. The third kappa shape index (κ3) is 2.49. The molecule has 1 N–H and O–H groups in total. The van der Waals surface area contributed by atoms with E-state index in [4.69, 9.17) is 0 Å². The normalized spacial score (nSPS) is 12.2. The highest BCUT2D eigenvalue weighted by Gasteiger charge is 2.23. The highest BCUT2D eigenvalue weighted by Crippen LogP contribution is 2.26. The summed E-state index contributed by atoms with van der Waals surface area (Å²) in [6, 6.07) is 8.57. The van der Waals surface area contributed by atoms with Gasteiger partial charge in [-0.05, 0) is 32.4 Å². The minimum Gasteiger partial charge on any atom is -0.346 e. The van der Waals surface area contributed by atoms with Crippen LogP contribution in [0.5, 0.6) is 0 Å². The monoisotopic (exact) mass is 299 g/mol. The average molecular weight is 299 g/mol. The Balaban J connectivity index is 1.89. The fraction of sp³-hybridized carbons (Fsp3) is 0.353. The van der Waals surface area contributed by atoms with Crippen LogP contribution >= 0.6 is 11.3 Å². The van der Waals surface area contributed by atoms with Gasteiger partial charge in [0.15, 0.2) is 0 Å². The van der Waals surface area contributed by atoms with E-state index in [2.05, 4.69) is 67.0 Å². The van der Waals surface area contributed by atoms with Crippen LogP contribution in [0.25, 0.3) is 10.9 Å². The van der Waals surface area contributed by atoms with Crippen molar-refractivity contribution >= 4 is 22.2 Å². The molecule has 0 amide bonds. The van der Waals surface area contributed by atoms with Crippen LogP contribution in [0.15, 0.2) is 35.8 Å². The van der Waals surface area contributed by atoms with Gasteiger partial charge in [0.05, 0.1) is 5.54 Å². The van der Waals surface area contributed by atoms with Crippen LogP contribution in [-0.4, -0.2) is 9.55 Å². The minimum atomic E-state index is -0.114. The van der Waals surface area contributed by atoms with Crippen molar-refractivity contribution in [2.45, 2.75) is 32.9 Å². The molecule has 0 aliphatic carbocycles. The van der Waals surface area contributed by atoms with Gasteiger partial charge in [0.2, 0.25) is 0 Å². The van der Waals surface area contributed by atoms with Crippen LogP contribution in [0.2, 0.25) is 0 Å². The SMILES string of the molecule is Cc1c(CNC(C)(C)c2nccs2)n(C)c2ccccc12. The van der Waals surface area contributed by atoms with E-state index in [-0.39, 0.29) is 5.54 Å². The van der Waals surface area contributed by atoms with Gasteiger partial charge in [-0.15, -0.1) is 11.3 Å². The van der Waals surface area contributed by atoms with Crippen molar-refractivity contribution < 1.29 is 0 Å². The van der Waals surface area contributed by atoms with Crippen LogP contribution in [0, 0.1) is 6.92 Å². The molecule has 2 aromatic heterocycles. The smallest absolute Gasteiger partial charge is 0.112 e. The second-order valence-corrected chi connectivity index (χ2v) is 6.86. The van der Waals surface area contributed by atoms with Crippen molar-refractivity contribution in [3.05, 3.63) is 52.1 Å². The van der Waals surface area contributed by atoms with E-state index < -0.39 is 0 Å². The van der Waals surface area contributed by atoms with Crippen molar-refractivity contribution in [3.63, 3.8) is 0 Å². The Morgan fingerprint density at radius 3 is 2.71 bits per heavy atom. The number of rotatable bonds is 4. The summed E-state index contributed by atoms with van der Waals surface area (Å²) in [5, 5.41) is 8.14. The maximum atomic E-state index is 4.44. The molecule has 3 rings (SSSR count). The second-order valence-electron chi connectivity index (χ2n) is 5.96. The fourth-order valence-electron chi connectivity index (χ4n) is 2.80. The molecule has 0 radical (unpaired) electrons. The molecule has 3 aromatic rings. The Hall–Kier alpha value is -1.65. The zero-order chi connectivity index (χ0) is 15.0. The number of hydrogen-bond donors (Lipinski definition) is 1. The quantitative estimate of drug-likeness (QED) is 0.790. The number of nitrogens with one attached hydrogen (secondary N) is 1. The van der Waals surface area contributed by atoms with E-state index in [0.717, 1.165) is 11.6 Å². The first-order chi connectivity index (χ1) is 10.0. The zero-order valence-corrected chi connectivity index (χ0v) is 13.8. The Kier molecular flexibility index (Phi) is 3.59. The van der Waals surface area contributed by atoms with E-state index in [0.29, 0.717) is 0 Å². The lowest BCUT2D eigenvalue weighted by molar-refractivity contribution is 0.394. The number of hydrogen-bond acceptors (Lipinski definition) is 3. The average Bonchev–Trinajstić information content (AvgIpc) is 3.08. The highest BCUT2D eigenvalue weighted by molar-refractivity contribution is 7.09. The standard InChI is InChI=1S/C17H21N3S/c1-12-13-7-5-6-8-14(13)20(4)15(12)11-19-17(2,3)16-18-9-10-21-16/h5-10,19H,11H2,1-4H3. The summed E-state index contributed by atoms with van der Waals surface area (Å²) in [7, 11) is 2.14. The van der Waals surface area contributed by atoms with Gasteiger partial charge in [-0.2, -0.15) is 0 Å². The number of para-hydroxylation sites is 1. The zero-order valence-electron chi connectivity index (χ0n) is 13.0. The molecule has 0 unspecified atom stereocenters. The number of fused-ring (bicyclic) bond motifs is 1. The molecule has 21 heavy (non-hydrogen) atoms. The molecule has 0 bridgehead atoms. The Labute approximate surface area is 129 Å². The van der Waals surface area contributed by atoms with Crippen molar-refractivity contribution in [3.8, 4) is 0 Å². The third-order valence-electron chi connectivity index (χ3n) is 4.17. The summed E-state index contributed by atoms with van der Waals surface area (Å²) >= 11 is 1.70. The van der Waals surface area contributed by atoms with Gasteiger partial charge in [0.1, 0.15) is 5.01 Å². The first kappa shape index (κ1) is 14.3. The first-order valence-corrected chi connectivity index (χ1v) is 8.06. The minimum absolute atomic E-state index is 0.114. The van der Waals surface area contributed by atoms with E-state index in [1.54, 1.807) is 11.3 Å². The van der Waals surface area contributed by atoms with Gasteiger partial charge in [0.25, 0.3) is 0 Å². The molecule has 0 aliphatic heterocycles. The van der Waals surface area contributed by atoms with E-state index in [1.165, 1.54) is 22.2 Å². The molecule has 1 aromatic carbocycles. The molecular weight excluding hydrogens is 278 g/mol. The molecule has 0 aliphatic rings. The van der Waals surface area contributed by atoms with Crippen molar-refractivity contribution in [1.82, 2.24) is 14.9 Å². The number of aryl methyl sites for hydroxylation is 2. The number of aromatic nitrogens is 2. The largest absolute Gasteiger partial charge is 0.346 e. The Bertz CT molecular complexity index is 715.